The van der Waals surface area contributed by atoms with Crippen molar-refractivity contribution in [3.05, 3.63) is 122 Å². The van der Waals surface area contributed by atoms with Crippen LogP contribution < -0.4 is 20.0 Å². The number of fused-ring (bicyclic) bond motifs is 4. The summed E-state index contributed by atoms with van der Waals surface area (Å²) in [5.41, 5.74) is 2.76. The molecule has 6 aromatic rings. The van der Waals surface area contributed by atoms with Crippen molar-refractivity contribution >= 4 is 90.5 Å². The van der Waals surface area contributed by atoms with Gasteiger partial charge in [-0.2, -0.15) is 0 Å². The van der Waals surface area contributed by atoms with Crippen LogP contribution in [0, 0.1) is 5.92 Å². The van der Waals surface area contributed by atoms with Crippen LogP contribution in [0.4, 0.5) is 11.6 Å². The third-order valence-electron chi connectivity index (χ3n) is 13.9. The fraction of sp³-hybridized carbons (Fsp3) is 0.429. The maximum atomic E-state index is 14.0. The Balaban J connectivity index is 1.03. The second-order valence-corrected chi connectivity index (χ2v) is 33.5. The molecular formula is C49H62N12O7P2S2Si. The quantitative estimate of drug-likeness (QED) is 0.0678. The van der Waals surface area contributed by atoms with E-state index < -0.39 is 58.0 Å². The predicted molar refractivity (Wildman–Crippen MR) is 293 cm³/mol. The fourth-order valence-corrected chi connectivity index (χ4v) is 14.4. The lowest BCUT2D eigenvalue weighted by molar-refractivity contribution is -0.0426. The molecule has 24 heteroatoms. The van der Waals surface area contributed by atoms with Gasteiger partial charge in [-0.3, -0.25) is 38.7 Å². The van der Waals surface area contributed by atoms with E-state index in [4.69, 9.17) is 61.5 Å². The van der Waals surface area contributed by atoms with Gasteiger partial charge < -0.3 is 22.9 Å². The number of hydrogen-bond donors (Lipinski definition) is 2. The zero-order chi connectivity index (χ0) is 52.0. The van der Waals surface area contributed by atoms with E-state index in [1.54, 1.807) is 49.1 Å². The van der Waals surface area contributed by atoms with Crippen LogP contribution in [0.5, 0.6) is 0 Å². The Labute approximate surface area is 436 Å². The second-order valence-electron chi connectivity index (χ2n) is 20.1. The van der Waals surface area contributed by atoms with Gasteiger partial charge in [-0.15, -0.1) is 13.2 Å². The standard InChI is InChI=1S/C49H62N12O7P2S2Si/c1-11-23-58(45(62)32-19-15-13-16-20-32)41-38-43(52-27-50-41)60(29-54-38)47-31(3)36-34(66-47)25-64-70(8,72)57-37-35(26-65-69(7,71)56-36)67-48(40(37)68-73(9,10)49(4,5)6)61-30-55-39-42(51-28-53-44(39)61)59(24-12-2)46(63)33-21-17-14-18-22-33/h11-22,27-31,34-37,40,47-48H,1-2,23-26H2,3-10H3,(H,56,71)(H,57,72)/t31-,34-,35-,36+,37-,40-,47-,48-,69?,70?/m1/s1. The highest BCUT2D eigenvalue weighted by atomic mass is 32.5. The lowest BCUT2D eigenvalue weighted by Gasteiger charge is -2.41. The molecule has 4 aromatic heterocycles. The van der Waals surface area contributed by atoms with Crippen LogP contribution >= 0.6 is 12.8 Å². The van der Waals surface area contributed by atoms with Crippen LogP contribution in [-0.4, -0.2) is 129 Å². The highest BCUT2D eigenvalue weighted by Crippen LogP contribution is 2.51. The van der Waals surface area contributed by atoms with Crippen LogP contribution in [0.1, 0.15) is 60.9 Å². The zero-order valence-electron chi connectivity index (χ0n) is 42.1. The van der Waals surface area contributed by atoms with Crippen LogP contribution in [0.3, 0.4) is 0 Å². The zero-order valence-corrected chi connectivity index (χ0v) is 46.6. The highest BCUT2D eigenvalue weighted by molar-refractivity contribution is 8.11. The Morgan fingerprint density at radius 2 is 1.18 bits per heavy atom. The van der Waals surface area contributed by atoms with Crippen molar-refractivity contribution in [2.75, 3.05) is 49.4 Å². The number of ether oxygens (including phenoxy) is 2. The summed E-state index contributed by atoms with van der Waals surface area (Å²) in [7, 11) is -2.56. The molecule has 10 atom stereocenters. The number of amides is 2. The number of hydrogen-bond acceptors (Lipinski definition) is 15. The first kappa shape index (κ1) is 53.0. The van der Waals surface area contributed by atoms with Crippen molar-refractivity contribution < 1.29 is 32.5 Å². The summed E-state index contributed by atoms with van der Waals surface area (Å²) in [5.74, 6) is -0.0462. The minimum atomic E-state index is -2.88. The normalized spacial score (nSPS) is 27.9. The summed E-state index contributed by atoms with van der Waals surface area (Å²) in [6.07, 6.45) is 0.581. The van der Waals surface area contributed by atoms with Crippen LogP contribution in [-0.2, 0) is 46.6 Å². The molecule has 0 saturated carbocycles. The van der Waals surface area contributed by atoms with Gasteiger partial charge in [0.2, 0.25) is 0 Å². The second kappa shape index (κ2) is 21.1. The summed E-state index contributed by atoms with van der Waals surface area (Å²) in [4.78, 5) is 59.0. The topological polar surface area (TPSA) is 198 Å². The third kappa shape index (κ3) is 10.7. The number of benzene rings is 2. The molecule has 0 radical (unpaired) electrons. The monoisotopic (exact) mass is 1080 g/mol. The summed E-state index contributed by atoms with van der Waals surface area (Å²) in [6, 6.07) is 17.1. The maximum absolute atomic E-state index is 14.0. The average molecular weight is 1090 g/mol. The minimum Gasteiger partial charge on any atom is -0.408 e. The van der Waals surface area contributed by atoms with Crippen LogP contribution in [0.25, 0.3) is 22.3 Å². The molecule has 19 nitrogen and oxygen atoms in total. The van der Waals surface area contributed by atoms with Gasteiger partial charge in [0, 0.05) is 49.5 Å². The molecule has 3 fully saturated rings. The smallest absolute Gasteiger partial charge is 0.259 e. The molecule has 3 aliphatic rings. The number of nitrogens with zero attached hydrogens (tertiary/aromatic N) is 10. The molecule has 3 aliphatic heterocycles. The van der Waals surface area contributed by atoms with Crippen molar-refractivity contribution in [3.63, 3.8) is 0 Å². The first-order valence-electron chi connectivity index (χ1n) is 24.0. The van der Waals surface area contributed by atoms with E-state index >= 15 is 0 Å². The molecule has 2 aromatic carbocycles. The molecular weight excluding hydrogens is 1020 g/mol. The molecule has 7 heterocycles. The number of rotatable bonds is 12. The molecule has 0 aliphatic carbocycles. The van der Waals surface area contributed by atoms with Crippen LogP contribution in [0.2, 0.25) is 18.1 Å². The molecule has 73 heavy (non-hydrogen) atoms. The molecule has 0 bridgehead atoms. The Bertz CT molecular complexity index is 3130. The summed E-state index contributed by atoms with van der Waals surface area (Å²) in [5, 5.41) is 7.26. The van der Waals surface area contributed by atoms with Gasteiger partial charge in [0.1, 0.15) is 43.9 Å². The maximum Gasteiger partial charge on any atom is 0.259 e. The Hall–Kier alpha value is -4.80. The summed E-state index contributed by atoms with van der Waals surface area (Å²) >= 11 is 12.7. The number of carbonyl (C=O) groups excluding carboxylic acids is 2. The molecule has 2 N–H and O–H groups in total. The fourth-order valence-electron chi connectivity index (χ4n) is 9.22. The molecule has 9 rings (SSSR count). The van der Waals surface area contributed by atoms with Crippen molar-refractivity contribution in [2.45, 2.75) is 88.7 Å². The average Bonchev–Trinajstić information content (AvgIpc) is 4.14. The van der Waals surface area contributed by atoms with Gasteiger partial charge >= 0.3 is 0 Å². The minimum absolute atomic E-state index is 0.0814. The number of imidazole rings is 2. The lowest BCUT2D eigenvalue weighted by Crippen LogP contribution is -2.52. The lowest BCUT2D eigenvalue weighted by atomic mass is 10.00. The number of carbonyl (C=O) groups is 2. The van der Waals surface area contributed by atoms with Crippen molar-refractivity contribution in [3.8, 4) is 0 Å². The summed E-state index contributed by atoms with van der Waals surface area (Å²) in [6.45, 7) is 25.2. The van der Waals surface area contributed by atoms with E-state index in [9.17, 15) is 9.59 Å². The third-order valence-corrected chi connectivity index (χ3v) is 22.5. The van der Waals surface area contributed by atoms with E-state index in [0.717, 1.165) is 0 Å². The van der Waals surface area contributed by atoms with Gasteiger partial charge in [0.15, 0.2) is 48.5 Å². The van der Waals surface area contributed by atoms with Crippen LogP contribution in [0.15, 0.2) is 111 Å². The van der Waals surface area contributed by atoms with Gasteiger partial charge in [0.05, 0.1) is 38.0 Å². The number of nitrogens with one attached hydrogen (secondary N) is 2. The van der Waals surface area contributed by atoms with E-state index in [1.165, 1.54) is 22.5 Å². The molecule has 0 spiro atoms. The Kier molecular flexibility index (Phi) is 15.3. The van der Waals surface area contributed by atoms with Gasteiger partial charge in [-0.25, -0.2) is 29.9 Å². The van der Waals surface area contributed by atoms with E-state index in [-0.39, 0.29) is 55.1 Å². The molecule has 2 unspecified atom stereocenters. The number of aromatic nitrogens is 8. The van der Waals surface area contributed by atoms with Gasteiger partial charge in [-0.1, -0.05) is 99.9 Å². The SMILES string of the molecule is C=CCN(C(=O)c1ccccc1)c1ncnc2c1ncn2[C@@H]1O[C@@H]2COP(C)(=S)N[C@H]3[C@@H](O[Si](C)(C)C(C)(C)C)[C@H](n4cnc5c(N(CC=C)C(=O)c6ccccc6)ncnc54)O[C@@H]3COP(C)(=S)N[C@H]2[C@H]1C. The van der Waals surface area contributed by atoms with Gasteiger partial charge in [0.25, 0.3) is 11.8 Å². The van der Waals surface area contributed by atoms with E-state index in [2.05, 4.69) is 79.1 Å². The first-order valence-corrected chi connectivity index (χ1v) is 33.3. The number of anilines is 2. The van der Waals surface area contributed by atoms with E-state index in [1.807, 2.05) is 58.9 Å². The highest BCUT2D eigenvalue weighted by Gasteiger charge is 2.53. The largest absolute Gasteiger partial charge is 0.408 e. The Morgan fingerprint density at radius 1 is 0.740 bits per heavy atom. The predicted octanol–water partition coefficient (Wildman–Crippen LogP) is 7.99. The summed E-state index contributed by atoms with van der Waals surface area (Å²) < 4.78 is 38.7. The molecule has 386 valence electrons. The van der Waals surface area contributed by atoms with Crippen molar-refractivity contribution in [2.24, 2.45) is 5.92 Å². The Morgan fingerprint density at radius 3 is 1.64 bits per heavy atom. The molecule has 2 amide bonds. The van der Waals surface area contributed by atoms with Crippen molar-refractivity contribution in [1.82, 2.24) is 49.2 Å². The van der Waals surface area contributed by atoms with E-state index in [0.29, 0.717) is 45.1 Å². The molecule has 3 saturated heterocycles. The first-order chi connectivity index (χ1) is 34.7. The van der Waals surface area contributed by atoms with Crippen molar-refractivity contribution in [1.29, 1.82) is 0 Å². The van der Waals surface area contributed by atoms with Gasteiger partial charge in [-0.05, 0) is 42.4 Å².